The van der Waals surface area contributed by atoms with Crippen LogP contribution in [0.3, 0.4) is 0 Å². The molecule has 1 saturated heterocycles. The third-order valence-corrected chi connectivity index (χ3v) is 8.81. The molecule has 0 bridgehead atoms. The Bertz CT molecular complexity index is 1380. The Balaban J connectivity index is 1.48. The Morgan fingerprint density at radius 2 is 2.00 bits per heavy atom. The standard InChI is InChI=1S/C26H36F2N8O3/c1-14-7-8-17(11-26(14,27)28)12-36-19-20(29-16(3)18-5-4-6-18)30-22(23-33-25(37)39-34-23)31-21(19)32-24(36)35-9-10-38-13-15(35)2/h14-18H,4-13H2,1-3H3,(H,29,30,31)(H,33,34,37)/t14-,15+,16+,17-/m0/s1. The zero-order valence-electron chi connectivity index (χ0n) is 22.6. The van der Waals surface area contributed by atoms with Gasteiger partial charge >= 0.3 is 5.76 Å². The predicted octanol–water partition coefficient (Wildman–Crippen LogP) is 4.07. The van der Waals surface area contributed by atoms with Gasteiger partial charge in [0.25, 0.3) is 5.92 Å². The number of halogens is 2. The molecule has 4 atom stereocenters. The molecule has 39 heavy (non-hydrogen) atoms. The molecule has 2 N–H and O–H groups in total. The van der Waals surface area contributed by atoms with Gasteiger partial charge in [0.2, 0.25) is 17.6 Å². The summed E-state index contributed by atoms with van der Waals surface area (Å²) in [5, 5.41) is 7.36. The van der Waals surface area contributed by atoms with E-state index in [0.717, 1.165) is 19.3 Å². The van der Waals surface area contributed by atoms with E-state index in [4.69, 9.17) is 19.2 Å². The van der Waals surface area contributed by atoms with E-state index in [-0.39, 0.29) is 36.1 Å². The van der Waals surface area contributed by atoms with Crippen molar-refractivity contribution in [2.24, 2.45) is 17.8 Å². The van der Waals surface area contributed by atoms with Crippen molar-refractivity contribution in [2.45, 2.75) is 83.8 Å². The number of hydrogen-bond acceptors (Lipinski definition) is 9. The van der Waals surface area contributed by atoms with E-state index in [9.17, 15) is 13.6 Å². The number of rotatable bonds is 7. The molecule has 1 aliphatic heterocycles. The van der Waals surface area contributed by atoms with Crippen LogP contribution in [0.25, 0.3) is 22.8 Å². The number of anilines is 2. The summed E-state index contributed by atoms with van der Waals surface area (Å²) in [6, 6.07) is 0.182. The second-order valence-electron chi connectivity index (χ2n) is 11.6. The van der Waals surface area contributed by atoms with E-state index in [1.54, 1.807) is 6.92 Å². The van der Waals surface area contributed by atoms with Gasteiger partial charge in [0, 0.05) is 31.5 Å². The normalized spacial score (nSPS) is 26.5. The number of hydrogen-bond donors (Lipinski definition) is 2. The molecule has 4 heterocycles. The van der Waals surface area contributed by atoms with E-state index in [1.165, 1.54) is 6.42 Å². The van der Waals surface area contributed by atoms with Gasteiger partial charge in [-0.1, -0.05) is 18.5 Å². The fourth-order valence-corrected chi connectivity index (χ4v) is 6.05. The number of H-pyrrole nitrogens is 1. The maximum Gasteiger partial charge on any atom is 0.439 e. The highest BCUT2D eigenvalue weighted by atomic mass is 19.3. The molecule has 0 radical (unpaired) electrons. The van der Waals surface area contributed by atoms with Crippen molar-refractivity contribution in [2.75, 3.05) is 30.0 Å². The summed E-state index contributed by atoms with van der Waals surface area (Å²) in [5.41, 5.74) is 1.09. The zero-order valence-corrected chi connectivity index (χ0v) is 22.6. The number of morpholine rings is 1. The van der Waals surface area contributed by atoms with Gasteiger partial charge in [0.15, 0.2) is 11.5 Å². The number of aromatic nitrogens is 6. The highest BCUT2D eigenvalue weighted by Crippen LogP contribution is 2.43. The van der Waals surface area contributed by atoms with Crippen molar-refractivity contribution >= 4 is 22.9 Å². The molecular formula is C26H36F2N8O3. The lowest BCUT2D eigenvalue weighted by molar-refractivity contribution is -0.0970. The van der Waals surface area contributed by atoms with Crippen LogP contribution < -0.4 is 16.0 Å². The molecule has 0 unspecified atom stereocenters. The lowest BCUT2D eigenvalue weighted by Crippen LogP contribution is -2.45. The van der Waals surface area contributed by atoms with Crippen LogP contribution in [0.5, 0.6) is 0 Å². The van der Waals surface area contributed by atoms with Gasteiger partial charge in [-0.25, -0.2) is 23.5 Å². The highest BCUT2D eigenvalue weighted by Gasteiger charge is 2.43. The molecule has 11 nitrogen and oxygen atoms in total. The number of nitrogens with zero attached hydrogens (tertiary/aromatic N) is 6. The molecule has 3 aliphatic rings. The second kappa shape index (κ2) is 10.1. The molecule has 0 amide bonds. The first-order valence-electron chi connectivity index (χ1n) is 14.0. The molecule has 212 valence electrons. The van der Waals surface area contributed by atoms with Crippen LogP contribution in [-0.2, 0) is 11.3 Å². The Kier molecular flexibility index (Phi) is 6.80. The third kappa shape index (κ3) is 5.01. The molecule has 13 heteroatoms. The number of aromatic amines is 1. The van der Waals surface area contributed by atoms with E-state index >= 15 is 0 Å². The van der Waals surface area contributed by atoms with Crippen LogP contribution >= 0.6 is 0 Å². The van der Waals surface area contributed by atoms with Gasteiger partial charge in [0.05, 0.1) is 19.3 Å². The van der Waals surface area contributed by atoms with Crippen LogP contribution in [0.2, 0.25) is 0 Å². The molecule has 6 rings (SSSR count). The summed E-state index contributed by atoms with van der Waals surface area (Å²) in [6.45, 7) is 7.93. The lowest BCUT2D eigenvalue weighted by atomic mass is 9.80. The molecule has 0 spiro atoms. The van der Waals surface area contributed by atoms with Crippen molar-refractivity contribution < 1.29 is 18.0 Å². The van der Waals surface area contributed by atoms with Gasteiger partial charge in [-0.3, -0.25) is 9.51 Å². The minimum Gasteiger partial charge on any atom is -0.377 e. The van der Waals surface area contributed by atoms with E-state index in [2.05, 4.69) is 39.2 Å². The van der Waals surface area contributed by atoms with Gasteiger partial charge in [-0.2, -0.15) is 4.98 Å². The second-order valence-corrected chi connectivity index (χ2v) is 11.6. The van der Waals surface area contributed by atoms with E-state index in [1.807, 2.05) is 4.57 Å². The van der Waals surface area contributed by atoms with Gasteiger partial charge in [-0.05, 0) is 51.4 Å². The summed E-state index contributed by atoms with van der Waals surface area (Å²) >= 11 is 0. The van der Waals surface area contributed by atoms with Crippen molar-refractivity contribution in [1.29, 1.82) is 0 Å². The van der Waals surface area contributed by atoms with Gasteiger partial charge in [-0.15, -0.1) is 0 Å². The van der Waals surface area contributed by atoms with Crippen LogP contribution in [0, 0.1) is 17.8 Å². The van der Waals surface area contributed by atoms with Gasteiger partial charge < -0.3 is 19.5 Å². The molecule has 3 fully saturated rings. The molecule has 3 aromatic rings. The number of nitrogens with one attached hydrogen (secondary N) is 2. The summed E-state index contributed by atoms with van der Waals surface area (Å²) < 4.78 is 42.0. The van der Waals surface area contributed by atoms with Crippen molar-refractivity contribution in [3.63, 3.8) is 0 Å². The Morgan fingerprint density at radius 1 is 1.18 bits per heavy atom. The van der Waals surface area contributed by atoms with Crippen molar-refractivity contribution in [1.82, 2.24) is 29.7 Å². The summed E-state index contributed by atoms with van der Waals surface area (Å²) in [5.74, 6) is -2.22. The molecule has 2 saturated carbocycles. The fraction of sp³-hybridized carbons (Fsp3) is 0.731. The fourth-order valence-electron chi connectivity index (χ4n) is 6.05. The Hall–Kier alpha value is -3.09. The minimum atomic E-state index is -2.70. The third-order valence-electron chi connectivity index (χ3n) is 8.81. The van der Waals surface area contributed by atoms with Crippen LogP contribution in [0.4, 0.5) is 20.5 Å². The van der Waals surface area contributed by atoms with E-state index < -0.39 is 17.6 Å². The Morgan fingerprint density at radius 3 is 2.67 bits per heavy atom. The topological polar surface area (TPSA) is 127 Å². The SMILES string of the molecule is C[C@@H]1COCCN1c1nc2nc(-c3noc(=O)[nH]3)nc(N[C@H](C)C3CCC3)c2n1C[C@H]1CC[C@H](C)C(F)(F)C1. The quantitative estimate of drug-likeness (QED) is 0.451. The summed E-state index contributed by atoms with van der Waals surface area (Å²) in [6.07, 6.45) is 4.51. The Labute approximate surface area is 224 Å². The maximum absolute atomic E-state index is 14.8. The minimum absolute atomic E-state index is 0.0479. The van der Waals surface area contributed by atoms with Crippen LogP contribution in [0.15, 0.2) is 9.32 Å². The van der Waals surface area contributed by atoms with Crippen LogP contribution in [-0.4, -0.2) is 67.4 Å². The first-order chi connectivity index (χ1) is 18.7. The first-order valence-corrected chi connectivity index (χ1v) is 14.0. The average Bonchev–Trinajstić information content (AvgIpc) is 3.44. The largest absolute Gasteiger partial charge is 0.439 e. The number of ether oxygens (including phenoxy) is 1. The number of fused-ring (bicyclic) bond motifs is 1. The number of imidazole rings is 1. The van der Waals surface area contributed by atoms with Crippen molar-refractivity contribution in [3.8, 4) is 11.6 Å². The highest BCUT2D eigenvalue weighted by molar-refractivity contribution is 5.87. The predicted molar refractivity (Wildman–Crippen MR) is 141 cm³/mol. The first kappa shape index (κ1) is 26.1. The molecule has 0 aromatic carbocycles. The monoisotopic (exact) mass is 546 g/mol. The number of alkyl halides is 2. The molecule has 3 aromatic heterocycles. The molecular weight excluding hydrogens is 510 g/mol. The summed E-state index contributed by atoms with van der Waals surface area (Å²) in [7, 11) is 0. The van der Waals surface area contributed by atoms with Gasteiger partial charge in [0.1, 0.15) is 5.52 Å². The maximum atomic E-state index is 14.8. The lowest BCUT2D eigenvalue weighted by Gasteiger charge is -2.37. The van der Waals surface area contributed by atoms with E-state index in [0.29, 0.717) is 61.6 Å². The average molecular weight is 547 g/mol. The molecule has 2 aliphatic carbocycles. The zero-order chi connectivity index (χ0) is 27.3. The smallest absolute Gasteiger partial charge is 0.377 e. The summed E-state index contributed by atoms with van der Waals surface area (Å²) in [4.78, 5) is 30.7. The van der Waals surface area contributed by atoms with Crippen molar-refractivity contribution in [3.05, 3.63) is 10.6 Å². The van der Waals surface area contributed by atoms with Crippen LogP contribution in [0.1, 0.15) is 59.3 Å².